The highest BCUT2D eigenvalue weighted by molar-refractivity contribution is 7.09. The summed E-state index contributed by atoms with van der Waals surface area (Å²) >= 11 is 1.42. The summed E-state index contributed by atoms with van der Waals surface area (Å²) in [4.78, 5) is 14.0. The van der Waals surface area contributed by atoms with E-state index in [0.717, 1.165) is 5.01 Å². The number of hydrogen-bond acceptors (Lipinski definition) is 6. The Bertz CT molecular complexity index is 455. The van der Waals surface area contributed by atoms with Crippen molar-refractivity contribution in [2.75, 3.05) is 6.54 Å². The largest absolute Gasteiger partial charge is 0.480 e. The Hall–Kier alpha value is -1.46. The van der Waals surface area contributed by atoms with Gasteiger partial charge in [0, 0.05) is 18.5 Å². The molecule has 0 aromatic carbocycles. The molecule has 0 bridgehead atoms. The number of hydrogen-bond donors (Lipinski definition) is 3. The summed E-state index contributed by atoms with van der Waals surface area (Å²) in [5, 5.41) is 21.9. The van der Waals surface area contributed by atoms with Gasteiger partial charge in [-0.2, -0.15) is 5.26 Å². The van der Waals surface area contributed by atoms with Crippen molar-refractivity contribution in [1.82, 2.24) is 10.3 Å². The van der Waals surface area contributed by atoms with E-state index >= 15 is 0 Å². The molecule has 0 spiro atoms. The highest BCUT2D eigenvalue weighted by atomic mass is 35.5. The van der Waals surface area contributed by atoms with E-state index in [9.17, 15) is 4.79 Å². The van der Waals surface area contributed by atoms with E-state index in [-0.39, 0.29) is 12.4 Å². The molecule has 8 heteroatoms. The molecule has 1 aromatic rings. The van der Waals surface area contributed by atoms with Crippen molar-refractivity contribution >= 4 is 29.7 Å². The van der Waals surface area contributed by atoms with Crippen LogP contribution in [0.5, 0.6) is 0 Å². The van der Waals surface area contributed by atoms with Crippen LogP contribution in [-0.4, -0.2) is 28.6 Å². The molecule has 1 aromatic heterocycles. The van der Waals surface area contributed by atoms with Gasteiger partial charge in [-0.1, -0.05) is 12.2 Å². The molecule has 0 aliphatic carbocycles. The van der Waals surface area contributed by atoms with Crippen molar-refractivity contribution in [3.05, 3.63) is 28.2 Å². The number of thiazole rings is 1. The molecule has 1 unspecified atom stereocenters. The number of nitriles is 1. The van der Waals surface area contributed by atoms with Gasteiger partial charge < -0.3 is 10.8 Å². The molecule has 4 N–H and O–H groups in total. The maximum absolute atomic E-state index is 10.1. The summed E-state index contributed by atoms with van der Waals surface area (Å²) in [7, 11) is 0. The van der Waals surface area contributed by atoms with Gasteiger partial charge in [0.2, 0.25) is 0 Å². The normalized spacial score (nSPS) is 16.1. The molecule has 1 aliphatic heterocycles. The van der Waals surface area contributed by atoms with Crippen LogP contribution < -0.4 is 11.1 Å². The van der Waals surface area contributed by atoms with Crippen LogP contribution in [0.2, 0.25) is 0 Å². The Morgan fingerprint density at radius 2 is 2.50 bits per heavy atom. The lowest BCUT2D eigenvalue weighted by molar-refractivity contribution is -0.137. The second-order valence-electron chi connectivity index (χ2n) is 3.09. The molecule has 98 valence electrons. The van der Waals surface area contributed by atoms with Gasteiger partial charge in [-0.3, -0.25) is 10.1 Å². The minimum absolute atomic E-state index is 0. The Morgan fingerprint density at radius 1 is 1.78 bits per heavy atom. The van der Waals surface area contributed by atoms with E-state index in [0.29, 0.717) is 18.8 Å². The standard InChI is InChI=1S/C5H5N3S.C5H7NO2.ClH/c6-1-4-3-9-5(2-7)8-4;7-5(8)4-2-1-3-6-4;/h3H,2,7H2;1-2,4,6H,3H2,(H,7,8);1H. The summed E-state index contributed by atoms with van der Waals surface area (Å²) in [5.41, 5.74) is 5.72. The number of carbonyl (C=O) groups is 1. The lowest BCUT2D eigenvalue weighted by atomic mass is 10.3. The second kappa shape index (κ2) is 8.60. The fourth-order valence-corrected chi connectivity index (χ4v) is 1.69. The zero-order valence-corrected chi connectivity index (χ0v) is 11.0. The van der Waals surface area contributed by atoms with Crippen LogP contribution in [0.3, 0.4) is 0 Å². The minimum atomic E-state index is -0.807. The number of aromatic nitrogens is 1. The quantitative estimate of drug-likeness (QED) is 0.683. The summed E-state index contributed by atoms with van der Waals surface area (Å²) in [5.74, 6) is -0.807. The zero-order valence-electron chi connectivity index (χ0n) is 9.37. The van der Waals surface area contributed by atoms with Crippen LogP contribution in [-0.2, 0) is 11.3 Å². The molecule has 0 saturated carbocycles. The van der Waals surface area contributed by atoms with Gasteiger partial charge in [0.15, 0.2) is 5.69 Å². The number of aliphatic carboxylic acids is 1. The fourth-order valence-electron chi connectivity index (χ4n) is 1.09. The maximum Gasteiger partial charge on any atom is 0.324 e. The monoisotopic (exact) mass is 288 g/mol. The van der Waals surface area contributed by atoms with Gasteiger partial charge in [0.25, 0.3) is 0 Å². The van der Waals surface area contributed by atoms with Gasteiger partial charge in [0.05, 0.1) is 0 Å². The molecule has 1 atom stereocenters. The molecule has 6 nitrogen and oxygen atoms in total. The number of rotatable bonds is 2. The van der Waals surface area contributed by atoms with E-state index in [1.165, 1.54) is 11.3 Å². The third kappa shape index (κ3) is 5.25. The van der Waals surface area contributed by atoms with Crippen molar-refractivity contribution in [2.24, 2.45) is 5.73 Å². The molecule has 0 radical (unpaired) electrons. The minimum Gasteiger partial charge on any atom is -0.480 e. The first kappa shape index (κ1) is 16.5. The average molecular weight is 289 g/mol. The third-order valence-corrected chi connectivity index (χ3v) is 2.76. The number of nitrogens with one attached hydrogen (secondary N) is 1. The molecular formula is C10H13ClN4O2S. The second-order valence-corrected chi connectivity index (χ2v) is 4.04. The van der Waals surface area contributed by atoms with Crippen LogP contribution in [0.25, 0.3) is 0 Å². The summed E-state index contributed by atoms with van der Waals surface area (Å²) < 4.78 is 0. The van der Waals surface area contributed by atoms with Crippen LogP contribution in [0, 0.1) is 11.3 Å². The van der Waals surface area contributed by atoms with Crippen LogP contribution >= 0.6 is 23.7 Å². The van der Waals surface area contributed by atoms with Crippen molar-refractivity contribution in [3.8, 4) is 6.07 Å². The first-order valence-electron chi connectivity index (χ1n) is 4.84. The van der Waals surface area contributed by atoms with Crippen molar-refractivity contribution < 1.29 is 9.90 Å². The first-order valence-corrected chi connectivity index (χ1v) is 5.72. The predicted octanol–water partition coefficient (Wildman–Crippen LogP) is 0.494. The summed E-state index contributed by atoms with van der Waals surface area (Å²) in [6, 6.07) is 1.48. The van der Waals surface area contributed by atoms with Gasteiger partial charge in [-0.25, -0.2) is 4.98 Å². The SMILES string of the molecule is Cl.N#Cc1csc(CN)n1.O=C(O)C1C=CCN1. The summed E-state index contributed by atoms with van der Waals surface area (Å²) in [6.45, 7) is 1.10. The molecule has 2 rings (SSSR count). The van der Waals surface area contributed by atoms with Gasteiger partial charge in [-0.05, 0) is 0 Å². The Labute approximate surface area is 115 Å². The molecule has 1 aliphatic rings. The van der Waals surface area contributed by atoms with Crippen molar-refractivity contribution in [3.63, 3.8) is 0 Å². The number of nitrogens with two attached hydrogens (primary N) is 1. The molecule has 0 saturated heterocycles. The molecule has 0 amide bonds. The van der Waals surface area contributed by atoms with E-state index < -0.39 is 12.0 Å². The Kier molecular flexibility index (Phi) is 7.91. The number of nitrogens with zero attached hydrogens (tertiary/aromatic N) is 2. The predicted molar refractivity (Wildman–Crippen MR) is 70.5 cm³/mol. The van der Waals surface area contributed by atoms with E-state index in [2.05, 4.69) is 10.3 Å². The lowest BCUT2D eigenvalue weighted by Gasteiger charge is -1.98. The average Bonchev–Trinajstić information content (AvgIpc) is 3.01. The van der Waals surface area contributed by atoms with E-state index in [4.69, 9.17) is 16.1 Å². The van der Waals surface area contributed by atoms with Crippen LogP contribution in [0.1, 0.15) is 10.7 Å². The van der Waals surface area contributed by atoms with Gasteiger partial charge in [-0.15, -0.1) is 23.7 Å². The first-order chi connectivity index (χ1) is 8.17. The topological polar surface area (TPSA) is 112 Å². The number of halogens is 1. The van der Waals surface area contributed by atoms with E-state index in [1.807, 2.05) is 6.07 Å². The highest BCUT2D eigenvalue weighted by Gasteiger charge is 2.14. The number of carboxylic acid groups (broad SMARTS) is 1. The Balaban J connectivity index is 0.000000306. The molecular weight excluding hydrogens is 276 g/mol. The van der Waals surface area contributed by atoms with Gasteiger partial charge in [0.1, 0.15) is 17.1 Å². The summed E-state index contributed by atoms with van der Waals surface area (Å²) in [6.07, 6.45) is 3.45. The highest BCUT2D eigenvalue weighted by Crippen LogP contribution is 2.06. The third-order valence-electron chi connectivity index (χ3n) is 1.89. The Morgan fingerprint density at radius 3 is 2.78 bits per heavy atom. The fraction of sp³-hybridized carbons (Fsp3) is 0.300. The smallest absolute Gasteiger partial charge is 0.324 e. The van der Waals surface area contributed by atoms with Crippen LogP contribution in [0.4, 0.5) is 0 Å². The molecule has 0 fully saturated rings. The van der Waals surface area contributed by atoms with Crippen LogP contribution in [0.15, 0.2) is 17.5 Å². The number of carboxylic acids is 1. The zero-order chi connectivity index (χ0) is 12.7. The maximum atomic E-state index is 10.1. The van der Waals surface area contributed by atoms with E-state index in [1.54, 1.807) is 17.5 Å². The van der Waals surface area contributed by atoms with Crippen molar-refractivity contribution in [1.29, 1.82) is 5.26 Å². The van der Waals surface area contributed by atoms with Crippen molar-refractivity contribution in [2.45, 2.75) is 12.6 Å². The molecule has 2 heterocycles. The van der Waals surface area contributed by atoms with Gasteiger partial charge >= 0.3 is 5.97 Å². The molecule has 18 heavy (non-hydrogen) atoms. The lowest BCUT2D eigenvalue weighted by Crippen LogP contribution is -2.30.